The zero-order valence-corrected chi connectivity index (χ0v) is 19.2. The van der Waals surface area contributed by atoms with Crippen molar-refractivity contribution in [2.45, 2.75) is 6.54 Å². The van der Waals surface area contributed by atoms with Crippen molar-refractivity contribution in [1.82, 2.24) is 0 Å². The Balaban J connectivity index is 1.66. The quantitative estimate of drug-likeness (QED) is 0.469. The number of ether oxygens (including phenoxy) is 1. The first kappa shape index (κ1) is 23.8. The van der Waals surface area contributed by atoms with Gasteiger partial charge in [0.2, 0.25) is 10.0 Å². The van der Waals surface area contributed by atoms with Crippen LogP contribution < -0.4 is 14.4 Å². The van der Waals surface area contributed by atoms with Crippen molar-refractivity contribution < 1.29 is 22.3 Å². The molecule has 168 valence electrons. The van der Waals surface area contributed by atoms with Crippen molar-refractivity contribution in [2.24, 2.45) is 0 Å². The summed E-state index contributed by atoms with van der Waals surface area (Å²) < 4.78 is 45.1. The van der Waals surface area contributed by atoms with Crippen molar-refractivity contribution in [3.8, 4) is 5.75 Å². The van der Waals surface area contributed by atoms with Gasteiger partial charge >= 0.3 is 0 Å². The fourth-order valence-electron chi connectivity index (χ4n) is 2.86. The summed E-state index contributed by atoms with van der Waals surface area (Å²) in [7, 11) is -3.67. The van der Waals surface area contributed by atoms with Gasteiger partial charge in [-0.05, 0) is 48.5 Å². The van der Waals surface area contributed by atoms with E-state index in [1.54, 1.807) is 24.3 Å². The van der Waals surface area contributed by atoms with Gasteiger partial charge in [-0.2, -0.15) is 0 Å². The van der Waals surface area contributed by atoms with E-state index in [-0.39, 0.29) is 18.7 Å². The SMILES string of the molecule is CS(=O)(=O)N(Cc1ccccc1F)c1ccc(OCC(=O)Nc2cc(Cl)cc(Cl)c2)cc1. The maximum atomic E-state index is 14.0. The first-order chi connectivity index (χ1) is 15.1. The second-order valence-electron chi connectivity index (χ2n) is 6.85. The Morgan fingerprint density at radius 1 is 1.03 bits per heavy atom. The Morgan fingerprint density at radius 2 is 1.66 bits per heavy atom. The van der Waals surface area contributed by atoms with E-state index in [2.05, 4.69) is 5.32 Å². The first-order valence-electron chi connectivity index (χ1n) is 9.32. The van der Waals surface area contributed by atoms with E-state index in [0.29, 0.717) is 27.2 Å². The van der Waals surface area contributed by atoms with Gasteiger partial charge in [0.25, 0.3) is 5.91 Å². The molecule has 6 nitrogen and oxygen atoms in total. The zero-order valence-electron chi connectivity index (χ0n) is 16.9. The minimum absolute atomic E-state index is 0.156. The number of hydrogen-bond acceptors (Lipinski definition) is 4. The predicted molar refractivity (Wildman–Crippen MR) is 124 cm³/mol. The molecular formula is C22H19Cl2FN2O4S. The average Bonchev–Trinajstić information content (AvgIpc) is 2.70. The minimum atomic E-state index is -3.67. The van der Waals surface area contributed by atoms with Crippen LogP contribution in [0.1, 0.15) is 5.56 Å². The standard InChI is InChI=1S/C22H19Cl2FN2O4S/c1-32(29,30)27(13-15-4-2-3-5-21(15)25)19-6-8-20(9-7-19)31-14-22(28)26-18-11-16(23)10-17(24)12-18/h2-12H,13-14H2,1H3,(H,26,28). The van der Waals surface area contributed by atoms with Gasteiger partial charge in [-0.15, -0.1) is 0 Å². The number of rotatable bonds is 8. The Hall–Kier alpha value is -2.81. The van der Waals surface area contributed by atoms with E-state index in [0.717, 1.165) is 10.6 Å². The lowest BCUT2D eigenvalue weighted by Gasteiger charge is -2.23. The highest BCUT2D eigenvalue weighted by atomic mass is 35.5. The number of nitrogens with one attached hydrogen (secondary N) is 1. The lowest BCUT2D eigenvalue weighted by atomic mass is 10.2. The van der Waals surface area contributed by atoms with Crippen LogP contribution in [-0.2, 0) is 21.4 Å². The molecule has 1 N–H and O–H groups in total. The lowest BCUT2D eigenvalue weighted by molar-refractivity contribution is -0.118. The summed E-state index contributed by atoms with van der Waals surface area (Å²) in [6, 6.07) is 16.7. The molecule has 0 aromatic heterocycles. The molecule has 0 unspecified atom stereocenters. The van der Waals surface area contributed by atoms with Crippen molar-refractivity contribution in [3.63, 3.8) is 0 Å². The van der Waals surface area contributed by atoms with Crippen molar-refractivity contribution in [3.05, 3.63) is 88.2 Å². The molecule has 32 heavy (non-hydrogen) atoms. The van der Waals surface area contributed by atoms with Crippen LogP contribution in [0.15, 0.2) is 66.7 Å². The fourth-order valence-corrected chi connectivity index (χ4v) is 4.27. The normalized spacial score (nSPS) is 11.1. The Labute approximate surface area is 195 Å². The molecule has 0 fully saturated rings. The molecule has 0 saturated carbocycles. The highest BCUT2D eigenvalue weighted by Gasteiger charge is 2.19. The number of carbonyl (C=O) groups is 1. The Kier molecular flexibility index (Phi) is 7.60. The number of halogens is 3. The molecule has 3 aromatic carbocycles. The molecular weight excluding hydrogens is 478 g/mol. The molecule has 0 aliphatic carbocycles. The topological polar surface area (TPSA) is 75.7 Å². The molecule has 0 saturated heterocycles. The highest BCUT2D eigenvalue weighted by molar-refractivity contribution is 7.92. The number of hydrogen-bond donors (Lipinski definition) is 1. The Morgan fingerprint density at radius 3 is 2.25 bits per heavy atom. The third-order valence-corrected chi connectivity index (χ3v) is 5.89. The number of amides is 1. The zero-order chi connectivity index (χ0) is 23.3. The third kappa shape index (κ3) is 6.59. The van der Waals surface area contributed by atoms with Crippen LogP contribution in [0.5, 0.6) is 5.75 Å². The van der Waals surface area contributed by atoms with Gasteiger partial charge in [0.05, 0.1) is 18.5 Å². The van der Waals surface area contributed by atoms with Crippen molar-refractivity contribution >= 4 is 50.5 Å². The van der Waals surface area contributed by atoms with Crippen LogP contribution in [0.3, 0.4) is 0 Å². The number of nitrogens with zero attached hydrogens (tertiary/aromatic N) is 1. The van der Waals surface area contributed by atoms with Crippen LogP contribution in [0.2, 0.25) is 10.0 Å². The first-order valence-corrected chi connectivity index (χ1v) is 11.9. The van der Waals surface area contributed by atoms with Crippen LogP contribution in [0.25, 0.3) is 0 Å². The second-order valence-corrected chi connectivity index (χ2v) is 9.63. The monoisotopic (exact) mass is 496 g/mol. The van der Waals surface area contributed by atoms with Gasteiger partial charge < -0.3 is 10.1 Å². The maximum Gasteiger partial charge on any atom is 0.262 e. The van der Waals surface area contributed by atoms with Crippen LogP contribution >= 0.6 is 23.2 Å². The smallest absolute Gasteiger partial charge is 0.262 e. The summed E-state index contributed by atoms with van der Waals surface area (Å²) in [6.45, 7) is -0.440. The van der Waals surface area contributed by atoms with Gasteiger partial charge in [-0.25, -0.2) is 12.8 Å². The summed E-state index contributed by atoms with van der Waals surface area (Å²) in [6.07, 6.45) is 1.05. The largest absolute Gasteiger partial charge is 0.484 e. The number of anilines is 2. The molecule has 0 heterocycles. The van der Waals surface area contributed by atoms with Gasteiger partial charge in [-0.3, -0.25) is 9.10 Å². The van der Waals surface area contributed by atoms with Crippen molar-refractivity contribution in [1.29, 1.82) is 0 Å². The summed E-state index contributed by atoms with van der Waals surface area (Å²) in [4.78, 5) is 12.1. The van der Waals surface area contributed by atoms with Crippen LogP contribution in [-0.4, -0.2) is 27.2 Å². The molecule has 0 atom stereocenters. The van der Waals surface area contributed by atoms with E-state index in [4.69, 9.17) is 27.9 Å². The third-order valence-electron chi connectivity index (χ3n) is 4.31. The molecule has 3 rings (SSSR count). The van der Waals surface area contributed by atoms with Crippen LogP contribution in [0, 0.1) is 5.82 Å². The highest BCUT2D eigenvalue weighted by Crippen LogP contribution is 2.25. The minimum Gasteiger partial charge on any atom is -0.484 e. The predicted octanol–water partition coefficient (Wildman–Crippen LogP) is 5.12. The Bertz CT molecular complexity index is 1200. The molecule has 0 aliphatic heterocycles. The number of benzene rings is 3. The van der Waals surface area contributed by atoms with Gasteiger partial charge in [0.1, 0.15) is 11.6 Å². The molecule has 3 aromatic rings. The van der Waals surface area contributed by atoms with E-state index in [9.17, 15) is 17.6 Å². The summed E-state index contributed by atoms with van der Waals surface area (Å²) >= 11 is 11.8. The van der Waals surface area contributed by atoms with E-state index >= 15 is 0 Å². The summed E-state index contributed by atoms with van der Waals surface area (Å²) in [5.41, 5.74) is 1.01. The summed E-state index contributed by atoms with van der Waals surface area (Å²) in [5.74, 6) is -0.565. The number of carbonyl (C=O) groups excluding carboxylic acids is 1. The lowest BCUT2D eigenvalue weighted by Crippen LogP contribution is -2.29. The average molecular weight is 497 g/mol. The van der Waals surface area contributed by atoms with Gasteiger partial charge in [0, 0.05) is 21.3 Å². The molecule has 0 spiro atoms. The van der Waals surface area contributed by atoms with E-state index < -0.39 is 21.7 Å². The van der Waals surface area contributed by atoms with Crippen molar-refractivity contribution in [2.75, 3.05) is 22.5 Å². The van der Waals surface area contributed by atoms with Crippen LogP contribution in [0.4, 0.5) is 15.8 Å². The summed E-state index contributed by atoms with van der Waals surface area (Å²) in [5, 5.41) is 3.39. The van der Waals surface area contributed by atoms with E-state index in [1.807, 2.05) is 0 Å². The van der Waals surface area contributed by atoms with E-state index in [1.165, 1.54) is 42.5 Å². The fraction of sp³-hybridized carbons (Fsp3) is 0.136. The molecule has 10 heteroatoms. The van der Waals surface area contributed by atoms with Gasteiger partial charge in [-0.1, -0.05) is 41.4 Å². The maximum absolute atomic E-state index is 14.0. The van der Waals surface area contributed by atoms with Gasteiger partial charge in [0.15, 0.2) is 6.61 Å². The molecule has 1 amide bonds. The molecule has 0 bridgehead atoms. The second kappa shape index (κ2) is 10.2. The number of sulfonamides is 1. The molecule has 0 radical (unpaired) electrons. The molecule has 0 aliphatic rings.